The van der Waals surface area contributed by atoms with E-state index in [9.17, 15) is 0 Å². The molecule has 5 aromatic rings. The van der Waals surface area contributed by atoms with E-state index in [1.165, 1.54) is 0 Å². The fourth-order valence-corrected chi connectivity index (χ4v) is 3.83. The second kappa shape index (κ2) is 11.5. The number of nitrogens with zero attached hydrogens (tertiary/aromatic N) is 6. The largest absolute Gasteiger partial charge is 0.369 e. The van der Waals surface area contributed by atoms with Crippen molar-refractivity contribution in [3.8, 4) is 0 Å². The van der Waals surface area contributed by atoms with Crippen LogP contribution in [0.5, 0.6) is 0 Å². The van der Waals surface area contributed by atoms with Gasteiger partial charge in [0.2, 0.25) is 17.9 Å². The minimum absolute atomic E-state index is 0.219. The maximum absolute atomic E-state index is 6.57. The summed E-state index contributed by atoms with van der Waals surface area (Å²) in [6.45, 7) is 0. The maximum Gasteiger partial charge on any atom is 0.238 e. The molecule has 38 heavy (non-hydrogen) atoms. The van der Waals surface area contributed by atoms with Gasteiger partial charge in [0.15, 0.2) is 0 Å². The van der Waals surface area contributed by atoms with Gasteiger partial charge in [0.05, 0.1) is 22.7 Å². The molecule has 1 aromatic heterocycles. The summed E-state index contributed by atoms with van der Waals surface area (Å²) in [5, 5.41) is 0. The van der Waals surface area contributed by atoms with Crippen molar-refractivity contribution in [2.45, 2.75) is 0 Å². The van der Waals surface area contributed by atoms with E-state index in [0.717, 1.165) is 17.1 Å². The van der Waals surface area contributed by atoms with Gasteiger partial charge in [-0.15, -0.1) is 0 Å². The van der Waals surface area contributed by atoms with Crippen LogP contribution in [0.2, 0.25) is 0 Å². The molecule has 0 radical (unpaired) electrons. The number of nitrogens with two attached hydrogens (primary N) is 2. The van der Waals surface area contributed by atoms with Gasteiger partial charge in [-0.05, 0) is 48.5 Å². The van der Waals surface area contributed by atoms with Crippen molar-refractivity contribution < 1.29 is 0 Å². The van der Waals surface area contributed by atoms with Crippen LogP contribution >= 0.6 is 0 Å². The summed E-state index contributed by atoms with van der Waals surface area (Å²) in [5.41, 5.74) is 16.1. The second-order valence-electron chi connectivity index (χ2n) is 8.17. The van der Waals surface area contributed by atoms with E-state index in [4.69, 9.17) is 16.5 Å². The zero-order valence-electron chi connectivity index (χ0n) is 20.5. The highest BCUT2D eigenvalue weighted by Gasteiger charge is 2.21. The molecule has 0 bridgehead atoms. The third-order valence-corrected chi connectivity index (χ3v) is 5.54. The van der Waals surface area contributed by atoms with E-state index in [-0.39, 0.29) is 11.9 Å². The molecule has 0 aliphatic rings. The number of para-hydroxylation sites is 4. The average molecular weight is 499 g/mol. The fourth-order valence-electron chi connectivity index (χ4n) is 3.83. The molecule has 0 saturated carbocycles. The molecule has 0 fully saturated rings. The van der Waals surface area contributed by atoms with Crippen molar-refractivity contribution in [2.75, 3.05) is 9.80 Å². The normalized spacial score (nSPS) is 11.7. The Morgan fingerprint density at radius 3 is 1.45 bits per heavy atom. The van der Waals surface area contributed by atoms with Gasteiger partial charge in [0.25, 0.3) is 0 Å². The standard InChI is InChI=1S/C30H26N8/c31-28(34-23-13-5-1-6-14-23)37(25-17-9-3-10-18-25)27-21-22-33-30(36-27)38(26-19-11-4-12-20-26)29(32)35-24-15-7-2-8-16-24/h1-22H,(H2,31,34)(H2,32,35). The van der Waals surface area contributed by atoms with Crippen molar-refractivity contribution in [3.05, 3.63) is 134 Å². The van der Waals surface area contributed by atoms with E-state index in [2.05, 4.69) is 15.0 Å². The molecule has 0 saturated heterocycles. The van der Waals surface area contributed by atoms with Gasteiger partial charge < -0.3 is 11.5 Å². The van der Waals surface area contributed by atoms with Crippen LogP contribution in [0.3, 0.4) is 0 Å². The lowest BCUT2D eigenvalue weighted by Crippen LogP contribution is -2.36. The number of anilines is 4. The number of hydrogen-bond acceptors (Lipinski definition) is 4. The fraction of sp³-hybridized carbons (Fsp3) is 0. The highest BCUT2D eigenvalue weighted by atomic mass is 15.4. The zero-order chi connectivity index (χ0) is 26.2. The molecule has 0 atom stereocenters. The van der Waals surface area contributed by atoms with Crippen molar-refractivity contribution in [2.24, 2.45) is 21.5 Å². The number of guanidine groups is 2. The number of benzene rings is 4. The number of aromatic nitrogens is 2. The van der Waals surface area contributed by atoms with Gasteiger partial charge in [-0.3, -0.25) is 4.90 Å². The molecule has 0 aliphatic heterocycles. The molecule has 4 aromatic carbocycles. The minimum atomic E-state index is 0.219. The lowest BCUT2D eigenvalue weighted by atomic mass is 10.3. The van der Waals surface area contributed by atoms with Crippen LogP contribution in [0, 0.1) is 0 Å². The highest BCUT2D eigenvalue weighted by molar-refractivity contribution is 6.03. The van der Waals surface area contributed by atoms with Crippen LogP contribution in [0.4, 0.5) is 34.5 Å². The first kappa shape index (κ1) is 24.2. The smallest absolute Gasteiger partial charge is 0.238 e. The lowest BCUT2D eigenvalue weighted by molar-refractivity contribution is 1.07. The molecular weight excluding hydrogens is 472 g/mol. The first-order valence-corrected chi connectivity index (χ1v) is 12.0. The molecule has 186 valence electrons. The highest BCUT2D eigenvalue weighted by Crippen LogP contribution is 2.28. The Balaban J connectivity index is 1.61. The summed E-state index contributed by atoms with van der Waals surface area (Å²) in [6, 6.07) is 40.1. The van der Waals surface area contributed by atoms with Crippen LogP contribution in [-0.4, -0.2) is 21.9 Å². The van der Waals surface area contributed by atoms with Gasteiger partial charge in [0, 0.05) is 12.3 Å². The third-order valence-electron chi connectivity index (χ3n) is 5.54. The van der Waals surface area contributed by atoms with Crippen molar-refractivity contribution >= 4 is 46.4 Å². The predicted molar refractivity (Wildman–Crippen MR) is 155 cm³/mol. The number of aliphatic imine (C=N–C) groups is 2. The van der Waals surface area contributed by atoms with Crippen LogP contribution in [0.1, 0.15) is 0 Å². The van der Waals surface area contributed by atoms with Crippen LogP contribution < -0.4 is 21.3 Å². The Hall–Kier alpha value is -5.50. The molecule has 8 heteroatoms. The Bertz CT molecular complexity index is 1410. The Morgan fingerprint density at radius 2 is 0.947 bits per heavy atom. The monoisotopic (exact) mass is 498 g/mol. The third kappa shape index (κ3) is 5.66. The number of rotatable bonds is 6. The maximum atomic E-state index is 6.57. The van der Waals surface area contributed by atoms with Gasteiger partial charge in [-0.25, -0.2) is 19.9 Å². The van der Waals surface area contributed by atoms with Gasteiger partial charge >= 0.3 is 0 Å². The quantitative estimate of drug-likeness (QED) is 0.218. The van der Waals surface area contributed by atoms with Crippen LogP contribution in [-0.2, 0) is 0 Å². The van der Waals surface area contributed by atoms with E-state index in [1.54, 1.807) is 22.1 Å². The van der Waals surface area contributed by atoms with Gasteiger partial charge in [0.1, 0.15) is 5.82 Å². The SMILES string of the molecule is NC(=Nc1ccccc1)N(c1ccccc1)c1ccnc(N(C(N)=Nc2ccccc2)c2ccccc2)n1. The first-order valence-electron chi connectivity index (χ1n) is 12.0. The van der Waals surface area contributed by atoms with E-state index < -0.39 is 0 Å². The molecule has 0 aliphatic carbocycles. The molecule has 4 N–H and O–H groups in total. The summed E-state index contributed by atoms with van der Waals surface area (Å²) in [4.78, 5) is 22.1. The molecule has 8 nitrogen and oxygen atoms in total. The predicted octanol–water partition coefficient (Wildman–Crippen LogP) is 6.05. The Labute approximate surface area is 221 Å². The van der Waals surface area contributed by atoms with Crippen molar-refractivity contribution in [3.63, 3.8) is 0 Å². The Morgan fingerprint density at radius 1 is 0.526 bits per heavy atom. The molecule has 0 spiro atoms. The minimum Gasteiger partial charge on any atom is -0.369 e. The van der Waals surface area contributed by atoms with Crippen LogP contribution in [0.15, 0.2) is 144 Å². The lowest BCUT2D eigenvalue weighted by Gasteiger charge is -2.26. The van der Waals surface area contributed by atoms with Crippen molar-refractivity contribution in [1.29, 1.82) is 0 Å². The van der Waals surface area contributed by atoms with Crippen LogP contribution in [0.25, 0.3) is 0 Å². The van der Waals surface area contributed by atoms with Gasteiger partial charge in [-0.1, -0.05) is 72.8 Å². The van der Waals surface area contributed by atoms with Crippen molar-refractivity contribution in [1.82, 2.24) is 9.97 Å². The zero-order valence-corrected chi connectivity index (χ0v) is 20.5. The topological polar surface area (TPSA) is 109 Å². The Kier molecular flexibility index (Phi) is 7.32. The van der Waals surface area contributed by atoms with E-state index in [0.29, 0.717) is 17.5 Å². The summed E-state index contributed by atoms with van der Waals surface area (Å²) < 4.78 is 0. The summed E-state index contributed by atoms with van der Waals surface area (Å²) >= 11 is 0. The molecule has 5 rings (SSSR count). The summed E-state index contributed by atoms with van der Waals surface area (Å²) in [6.07, 6.45) is 1.66. The molecule has 1 heterocycles. The van der Waals surface area contributed by atoms with Gasteiger partial charge in [-0.2, -0.15) is 4.98 Å². The van der Waals surface area contributed by atoms with E-state index in [1.807, 2.05) is 121 Å². The van der Waals surface area contributed by atoms with E-state index >= 15 is 0 Å². The summed E-state index contributed by atoms with van der Waals surface area (Å²) in [5.74, 6) is 1.33. The average Bonchev–Trinajstić information content (AvgIpc) is 2.96. The molecule has 0 unspecified atom stereocenters. The number of hydrogen-bond donors (Lipinski definition) is 2. The first-order chi connectivity index (χ1) is 18.7. The molecule has 0 amide bonds. The summed E-state index contributed by atoms with van der Waals surface area (Å²) in [7, 11) is 0. The molecular formula is C30H26N8. The second-order valence-corrected chi connectivity index (χ2v) is 8.17.